The van der Waals surface area contributed by atoms with Crippen molar-refractivity contribution in [2.24, 2.45) is 0 Å². The summed E-state index contributed by atoms with van der Waals surface area (Å²) in [5.41, 5.74) is 2.76. The number of aromatic amines is 1. The van der Waals surface area contributed by atoms with E-state index in [1.165, 1.54) is 12.8 Å². The average molecular weight is 298 g/mol. The molecule has 0 spiro atoms. The summed E-state index contributed by atoms with van der Waals surface area (Å²) < 4.78 is 0. The largest absolute Gasteiger partial charge is 0.371 e. The first-order chi connectivity index (χ1) is 10.6. The summed E-state index contributed by atoms with van der Waals surface area (Å²) >= 11 is 0. The van der Waals surface area contributed by atoms with E-state index in [9.17, 15) is 4.79 Å². The smallest absolute Gasteiger partial charge is 0.253 e. The number of imidazole rings is 1. The number of hydrogen-bond donors (Lipinski definition) is 2. The van der Waals surface area contributed by atoms with Gasteiger partial charge in [0, 0.05) is 30.7 Å². The third-order valence-electron chi connectivity index (χ3n) is 4.08. The van der Waals surface area contributed by atoms with Crippen LogP contribution in [0.5, 0.6) is 0 Å². The highest BCUT2D eigenvalue weighted by atomic mass is 16.1. The van der Waals surface area contributed by atoms with Crippen molar-refractivity contribution < 1.29 is 4.79 Å². The molecule has 5 heteroatoms. The minimum absolute atomic E-state index is 0.0518. The summed E-state index contributed by atoms with van der Waals surface area (Å²) in [5, 5.41) is 3.03. The number of rotatable bonds is 4. The van der Waals surface area contributed by atoms with E-state index in [0.29, 0.717) is 0 Å². The highest BCUT2D eigenvalue weighted by Crippen LogP contribution is 2.25. The minimum atomic E-state index is -0.146. The van der Waals surface area contributed by atoms with Crippen molar-refractivity contribution in [1.82, 2.24) is 15.3 Å². The van der Waals surface area contributed by atoms with E-state index in [1.807, 2.05) is 38.1 Å². The van der Waals surface area contributed by atoms with Crippen molar-refractivity contribution in [1.29, 1.82) is 0 Å². The van der Waals surface area contributed by atoms with Crippen LogP contribution in [-0.2, 0) is 0 Å². The summed E-state index contributed by atoms with van der Waals surface area (Å²) in [6, 6.07) is 7.68. The zero-order valence-electron chi connectivity index (χ0n) is 13.1. The van der Waals surface area contributed by atoms with Gasteiger partial charge in [-0.25, -0.2) is 4.98 Å². The predicted molar refractivity (Wildman–Crippen MR) is 87.1 cm³/mol. The lowest BCUT2D eigenvalue weighted by molar-refractivity contribution is 0.0939. The second-order valence-electron chi connectivity index (χ2n) is 5.86. The number of amides is 1. The minimum Gasteiger partial charge on any atom is -0.371 e. The number of aromatic nitrogens is 2. The molecule has 0 saturated carbocycles. The predicted octanol–water partition coefficient (Wildman–Crippen LogP) is 2.81. The topological polar surface area (TPSA) is 61.0 Å². The van der Waals surface area contributed by atoms with Crippen molar-refractivity contribution in [3.8, 4) is 0 Å². The molecule has 22 heavy (non-hydrogen) atoms. The van der Waals surface area contributed by atoms with E-state index in [2.05, 4.69) is 20.2 Å². The summed E-state index contributed by atoms with van der Waals surface area (Å²) in [4.78, 5) is 22.4. The van der Waals surface area contributed by atoms with Crippen LogP contribution in [0.1, 0.15) is 47.7 Å². The highest BCUT2D eigenvalue weighted by Gasteiger charge is 2.20. The van der Waals surface area contributed by atoms with Gasteiger partial charge in [-0.05, 0) is 38.8 Å². The van der Waals surface area contributed by atoms with E-state index in [-0.39, 0.29) is 11.9 Å². The van der Waals surface area contributed by atoms with Crippen LogP contribution >= 0.6 is 0 Å². The Morgan fingerprint density at radius 3 is 2.73 bits per heavy atom. The fourth-order valence-electron chi connectivity index (χ4n) is 2.90. The first-order valence-corrected chi connectivity index (χ1v) is 7.81. The van der Waals surface area contributed by atoms with Crippen LogP contribution in [0.3, 0.4) is 0 Å². The lowest BCUT2D eigenvalue weighted by Gasteiger charge is -2.21. The molecule has 0 unspecified atom stereocenters. The standard InChI is InChI=1S/C17H22N4O/c1-12-11-18-16(19-12)13(2)20-17(22)14-7-3-4-8-15(14)21-9-5-6-10-21/h3-4,7-8,11,13H,5-6,9-10H2,1-2H3,(H,18,19)(H,20,22)/t13-/m1/s1. The molecule has 2 heterocycles. The summed E-state index contributed by atoms with van der Waals surface area (Å²) in [5.74, 6) is 0.730. The Labute approximate surface area is 130 Å². The molecule has 5 nitrogen and oxygen atoms in total. The number of aryl methyl sites for hydroxylation is 1. The van der Waals surface area contributed by atoms with Crippen LogP contribution in [0.15, 0.2) is 30.5 Å². The Hall–Kier alpha value is -2.30. The van der Waals surface area contributed by atoms with E-state index in [4.69, 9.17) is 0 Å². The number of carbonyl (C=O) groups is 1. The molecule has 116 valence electrons. The number of nitrogens with zero attached hydrogens (tertiary/aromatic N) is 2. The van der Waals surface area contributed by atoms with Crippen LogP contribution < -0.4 is 10.2 Å². The zero-order chi connectivity index (χ0) is 15.5. The van der Waals surface area contributed by atoms with Crippen LogP contribution in [0, 0.1) is 6.92 Å². The quantitative estimate of drug-likeness (QED) is 0.912. The number of hydrogen-bond acceptors (Lipinski definition) is 3. The Kier molecular flexibility index (Phi) is 4.13. The molecule has 1 fully saturated rings. The molecule has 1 amide bonds. The molecule has 2 N–H and O–H groups in total. The molecular weight excluding hydrogens is 276 g/mol. The van der Waals surface area contributed by atoms with Gasteiger partial charge >= 0.3 is 0 Å². The monoisotopic (exact) mass is 298 g/mol. The first-order valence-electron chi connectivity index (χ1n) is 7.81. The van der Waals surface area contributed by atoms with Crippen molar-refractivity contribution in [2.75, 3.05) is 18.0 Å². The summed E-state index contributed by atoms with van der Waals surface area (Å²) in [6.07, 6.45) is 4.16. The maximum absolute atomic E-state index is 12.6. The summed E-state index contributed by atoms with van der Waals surface area (Å²) in [6.45, 7) is 5.94. The van der Waals surface area contributed by atoms with Crippen LogP contribution in [0.2, 0.25) is 0 Å². The Balaban J connectivity index is 1.77. The van der Waals surface area contributed by atoms with Crippen molar-refractivity contribution in [3.63, 3.8) is 0 Å². The lowest BCUT2D eigenvalue weighted by atomic mass is 10.1. The van der Waals surface area contributed by atoms with Gasteiger partial charge in [0.25, 0.3) is 5.91 Å². The number of carbonyl (C=O) groups excluding carboxylic acids is 1. The van der Waals surface area contributed by atoms with Crippen LogP contribution in [0.4, 0.5) is 5.69 Å². The molecule has 0 bridgehead atoms. The molecule has 1 aromatic carbocycles. The second kappa shape index (κ2) is 6.22. The van der Waals surface area contributed by atoms with Gasteiger partial charge in [0.15, 0.2) is 0 Å². The SMILES string of the molecule is Cc1cnc([C@@H](C)NC(=O)c2ccccc2N2CCCC2)[nH]1. The number of benzene rings is 1. The lowest BCUT2D eigenvalue weighted by Crippen LogP contribution is -2.30. The van der Waals surface area contributed by atoms with Gasteiger partial charge in [0.05, 0.1) is 11.6 Å². The normalized spacial score (nSPS) is 15.8. The fourth-order valence-corrected chi connectivity index (χ4v) is 2.90. The van der Waals surface area contributed by atoms with E-state index in [0.717, 1.165) is 35.9 Å². The highest BCUT2D eigenvalue weighted by molar-refractivity contribution is 6.00. The Bertz CT molecular complexity index is 658. The molecule has 0 radical (unpaired) electrons. The van der Waals surface area contributed by atoms with Crippen molar-refractivity contribution >= 4 is 11.6 Å². The molecule has 2 aromatic rings. The Morgan fingerprint density at radius 2 is 2.05 bits per heavy atom. The van der Waals surface area contributed by atoms with Gasteiger partial charge in [-0.1, -0.05) is 12.1 Å². The van der Waals surface area contributed by atoms with E-state index >= 15 is 0 Å². The third kappa shape index (κ3) is 2.98. The zero-order valence-corrected chi connectivity index (χ0v) is 13.1. The molecule has 0 aliphatic carbocycles. The number of para-hydroxylation sites is 1. The maximum Gasteiger partial charge on any atom is 0.253 e. The van der Waals surface area contributed by atoms with Gasteiger partial charge in [0.2, 0.25) is 0 Å². The van der Waals surface area contributed by atoms with Gasteiger partial charge in [0.1, 0.15) is 5.82 Å². The fraction of sp³-hybridized carbons (Fsp3) is 0.412. The molecule has 1 aromatic heterocycles. The van der Waals surface area contributed by atoms with Crippen LogP contribution in [-0.4, -0.2) is 29.0 Å². The van der Waals surface area contributed by atoms with Crippen molar-refractivity contribution in [2.45, 2.75) is 32.7 Å². The molecule has 1 atom stereocenters. The van der Waals surface area contributed by atoms with Crippen molar-refractivity contribution in [3.05, 3.63) is 47.5 Å². The average Bonchev–Trinajstić information content (AvgIpc) is 3.18. The summed E-state index contributed by atoms with van der Waals surface area (Å²) in [7, 11) is 0. The number of H-pyrrole nitrogens is 1. The second-order valence-corrected chi connectivity index (χ2v) is 5.86. The first kappa shape index (κ1) is 14.6. The molecular formula is C17H22N4O. The molecule has 1 saturated heterocycles. The van der Waals surface area contributed by atoms with E-state index in [1.54, 1.807) is 6.20 Å². The van der Waals surface area contributed by atoms with Gasteiger partial charge in [-0.2, -0.15) is 0 Å². The molecule has 1 aliphatic heterocycles. The van der Waals surface area contributed by atoms with Gasteiger partial charge in [-0.15, -0.1) is 0 Å². The van der Waals surface area contributed by atoms with E-state index < -0.39 is 0 Å². The maximum atomic E-state index is 12.6. The van der Waals surface area contributed by atoms with Crippen LogP contribution in [0.25, 0.3) is 0 Å². The third-order valence-corrected chi connectivity index (χ3v) is 4.08. The Morgan fingerprint density at radius 1 is 1.32 bits per heavy atom. The van der Waals surface area contributed by atoms with Gasteiger partial charge < -0.3 is 15.2 Å². The number of nitrogens with one attached hydrogen (secondary N) is 2. The number of anilines is 1. The molecule has 3 rings (SSSR count). The van der Waals surface area contributed by atoms with Gasteiger partial charge in [-0.3, -0.25) is 4.79 Å². The molecule has 1 aliphatic rings.